The van der Waals surface area contributed by atoms with E-state index >= 15 is 0 Å². The van der Waals surface area contributed by atoms with Gasteiger partial charge in [0, 0.05) is 31.4 Å². The number of amides is 1. The van der Waals surface area contributed by atoms with Gasteiger partial charge in [-0.25, -0.2) is 0 Å². The molecule has 1 aromatic rings. The van der Waals surface area contributed by atoms with Crippen molar-refractivity contribution in [2.75, 3.05) is 19.4 Å². The standard InChI is InChI=1S/C13H17N3OS/c1-16(2)12(17)9-3-5-10(6-4-9)14-13(18)15-11-7-8-11/h3-6,11H,7-8H2,1-2H3,(H2,14,15,18). The number of hydrogen-bond acceptors (Lipinski definition) is 2. The Balaban J connectivity index is 1.94. The van der Waals surface area contributed by atoms with Crippen LogP contribution in [0.1, 0.15) is 23.2 Å². The lowest BCUT2D eigenvalue weighted by atomic mass is 10.2. The van der Waals surface area contributed by atoms with Crippen LogP contribution in [0.3, 0.4) is 0 Å². The second-order valence-corrected chi connectivity index (χ2v) is 5.06. The molecule has 0 atom stereocenters. The SMILES string of the molecule is CN(C)C(=O)c1ccc(NC(=S)NC2CC2)cc1. The summed E-state index contributed by atoms with van der Waals surface area (Å²) < 4.78 is 0. The Morgan fingerprint density at radius 3 is 2.39 bits per heavy atom. The molecule has 0 radical (unpaired) electrons. The number of rotatable bonds is 3. The largest absolute Gasteiger partial charge is 0.360 e. The summed E-state index contributed by atoms with van der Waals surface area (Å²) in [6.07, 6.45) is 2.39. The number of carbonyl (C=O) groups is 1. The summed E-state index contributed by atoms with van der Waals surface area (Å²) in [5, 5.41) is 6.95. The molecule has 1 amide bonds. The second-order valence-electron chi connectivity index (χ2n) is 4.65. The van der Waals surface area contributed by atoms with Crippen LogP contribution < -0.4 is 10.6 Å². The van der Waals surface area contributed by atoms with Crippen LogP contribution in [0.25, 0.3) is 0 Å². The summed E-state index contributed by atoms with van der Waals surface area (Å²) >= 11 is 5.18. The predicted molar refractivity (Wildman–Crippen MR) is 76.8 cm³/mol. The summed E-state index contributed by atoms with van der Waals surface area (Å²) in [4.78, 5) is 13.3. The van der Waals surface area contributed by atoms with E-state index in [1.807, 2.05) is 12.1 Å². The third-order valence-corrected chi connectivity index (χ3v) is 2.93. The second kappa shape index (κ2) is 5.35. The molecule has 0 heterocycles. The van der Waals surface area contributed by atoms with E-state index in [1.165, 1.54) is 12.8 Å². The number of nitrogens with one attached hydrogen (secondary N) is 2. The third kappa shape index (κ3) is 3.43. The lowest BCUT2D eigenvalue weighted by molar-refractivity contribution is 0.0827. The molecule has 5 heteroatoms. The molecule has 96 valence electrons. The van der Waals surface area contributed by atoms with Gasteiger partial charge in [0.2, 0.25) is 0 Å². The predicted octanol–water partition coefficient (Wildman–Crippen LogP) is 1.84. The maximum Gasteiger partial charge on any atom is 0.253 e. The molecule has 1 aliphatic carbocycles. The molecular formula is C13H17N3OS. The smallest absolute Gasteiger partial charge is 0.253 e. The van der Waals surface area contributed by atoms with Crippen LogP contribution >= 0.6 is 12.2 Å². The Morgan fingerprint density at radius 2 is 1.89 bits per heavy atom. The highest BCUT2D eigenvalue weighted by molar-refractivity contribution is 7.80. The van der Waals surface area contributed by atoms with Crippen LogP contribution in [-0.4, -0.2) is 36.1 Å². The summed E-state index contributed by atoms with van der Waals surface area (Å²) in [6, 6.07) is 7.85. The monoisotopic (exact) mass is 263 g/mol. The topological polar surface area (TPSA) is 44.4 Å². The van der Waals surface area contributed by atoms with E-state index in [2.05, 4.69) is 10.6 Å². The molecule has 0 unspecified atom stereocenters. The highest BCUT2D eigenvalue weighted by Crippen LogP contribution is 2.19. The molecule has 0 saturated heterocycles. The molecular weight excluding hydrogens is 246 g/mol. The minimum atomic E-state index is 0.000215. The molecule has 1 aliphatic rings. The van der Waals surface area contributed by atoms with Crippen LogP contribution in [0, 0.1) is 0 Å². The van der Waals surface area contributed by atoms with Gasteiger partial charge in [-0.1, -0.05) is 0 Å². The molecule has 0 spiro atoms. The van der Waals surface area contributed by atoms with Crippen molar-refractivity contribution in [3.63, 3.8) is 0 Å². The first-order valence-electron chi connectivity index (χ1n) is 5.95. The highest BCUT2D eigenvalue weighted by Gasteiger charge is 2.21. The van der Waals surface area contributed by atoms with Crippen LogP contribution in [0.2, 0.25) is 0 Å². The molecule has 2 N–H and O–H groups in total. The van der Waals surface area contributed by atoms with Gasteiger partial charge in [-0.05, 0) is 49.3 Å². The first-order chi connectivity index (χ1) is 8.56. The molecule has 0 aromatic heterocycles. The van der Waals surface area contributed by atoms with Crippen molar-refractivity contribution in [2.24, 2.45) is 0 Å². The van der Waals surface area contributed by atoms with Crippen LogP contribution in [0.5, 0.6) is 0 Å². The van der Waals surface area contributed by atoms with Crippen LogP contribution in [0.4, 0.5) is 5.69 Å². The molecule has 1 fully saturated rings. The summed E-state index contributed by atoms with van der Waals surface area (Å²) in [6.45, 7) is 0. The van der Waals surface area contributed by atoms with Crippen molar-refractivity contribution < 1.29 is 4.79 Å². The van der Waals surface area contributed by atoms with Crippen molar-refractivity contribution >= 4 is 28.9 Å². The average molecular weight is 263 g/mol. The van der Waals surface area contributed by atoms with Gasteiger partial charge in [-0.2, -0.15) is 0 Å². The van der Waals surface area contributed by atoms with Gasteiger partial charge in [0.05, 0.1) is 0 Å². The zero-order valence-electron chi connectivity index (χ0n) is 10.6. The Labute approximate surface area is 112 Å². The number of anilines is 1. The molecule has 1 saturated carbocycles. The lowest BCUT2D eigenvalue weighted by Gasteiger charge is -2.12. The van der Waals surface area contributed by atoms with Crippen molar-refractivity contribution in [3.05, 3.63) is 29.8 Å². The normalized spacial score (nSPS) is 13.9. The molecule has 4 nitrogen and oxygen atoms in total. The van der Waals surface area contributed by atoms with Gasteiger partial charge < -0.3 is 15.5 Å². The van der Waals surface area contributed by atoms with Gasteiger partial charge in [0.25, 0.3) is 5.91 Å². The quantitative estimate of drug-likeness (QED) is 0.817. The van der Waals surface area contributed by atoms with Crippen LogP contribution in [0.15, 0.2) is 24.3 Å². The number of carbonyl (C=O) groups excluding carboxylic acids is 1. The average Bonchev–Trinajstić information content (AvgIpc) is 3.12. The fourth-order valence-electron chi connectivity index (χ4n) is 1.53. The van der Waals surface area contributed by atoms with Crippen LogP contribution in [-0.2, 0) is 0 Å². The number of thiocarbonyl (C=S) groups is 1. The fourth-order valence-corrected chi connectivity index (χ4v) is 1.82. The van der Waals surface area contributed by atoms with Gasteiger partial charge in [-0.3, -0.25) is 4.79 Å². The maximum atomic E-state index is 11.7. The molecule has 2 rings (SSSR count). The van der Waals surface area contributed by atoms with E-state index < -0.39 is 0 Å². The Hall–Kier alpha value is -1.62. The maximum absolute atomic E-state index is 11.7. The molecule has 18 heavy (non-hydrogen) atoms. The highest BCUT2D eigenvalue weighted by atomic mass is 32.1. The summed E-state index contributed by atoms with van der Waals surface area (Å²) in [5.41, 5.74) is 1.56. The lowest BCUT2D eigenvalue weighted by Crippen LogP contribution is -2.30. The molecule has 0 aliphatic heterocycles. The van der Waals surface area contributed by atoms with Gasteiger partial charge >= 0.3 is 0 Å². The number of nitrogens with zero attached hydrogens (tertiary/aromatic N) is 1. The van der Waals surface area contributed by atoms with Gasteiger partial charge in [-0.15, -0.1) is 0 Å². The summed E-state index contributed by atoms with van der Waals surface area (Å²) in [7, 11) is 3.48. The first-order valence-corrected chi connectivity index (χ1v) is 6.36. The van der Waals surface area contributed by atoms with E-state index in [9.17, 15) is 4.79 Å². The fraction of sp³-hybridized carbons (Fsp3) is 0.385. The van der Waals surface area contributed by atoms with E-state index in [0.717, 1.165) is 5.69 Å². The van der Waals surface area contributed by atoms with Crippen molar-refractivity contribution in [3.8, 4) is 0 Å². The number of hydrogen-bond donors (Lipinski definition) is 2. The zero-order chi connectivity index (χ0) is 13.1. The van der Waals surface area contributed by atoms with Crippen molar-refractivity contribution in [1.82, 2.24) is 10.2 Å². The van der Waals surface area contributed by atoms with Crippen molar-refractivity contribution in [1.29, 1.82) is 0 Å². The van der Waals surface area contributed by atoms with Gasteiger partial charge in [0.1, 0.15) is 0 Å². The first kappa shape index (κ1) is 12.8. The Bertz CT molecular complexity index is 452. The Kier molecular flexibility index (Phi) is 3.81. The van der Waals surface area contributed by atoms with Gasteiger partial charge in [0.15, 0.2) is 5.11 Å². The summed E-state index contributed by atoms with van der Waals surface area (Å²) in [5.74, 6) is 0.000215. The third-order valence-electron chi connectivity index (χ3n) is 2.71. The molecule has 1 aromatic carbocycles. The van der Waals surface area contributed by atoms with E-state index in [1.54, 1.807) is 31.1 Å². The van der Waals surface area contributed by atoms with E-state index in [4.69, 9.17) is 12.2 Å². The minimum absolute atomic E-state index is 0.000215. The molecule has 0 bridgehead atoms. The van der Waals surface area contributed by atoms with E-state index in [0.29, 0.717) is 16.7 Å². The van der Waals surface area contributed by atoms with Crippen molar-refractivity contribution in [2.45, 2.75) is 18.9 Å². The Morgan fingerprint density at radius 1 is 1.28 bits per heavy atom. The zero-order valence-corrected chi connectivity index (χ0v) is 11.4. The number of benzene rings is 1. The van der Waals surface area contributed by atoms with E-state index in [-0.39, 0.29) is 5.91 Å². The minimum Gasteiger partial charge on any atom is -0.360 e.